The summed E-state index contributed by atoms with van der Waals surface area (Å²) in [4.78, 5) is 0. The molecule has 150 valence electrons. The summed E-state index contributed by atoms with van der Waals surface area (Å²) in [6.07, 6.45) is 19.1. The Morgan fingerprint density at radius 1 is 1.19 bits per heavy atom. The van der Waals surface area contributed by atoms with Crippen molar-refractivity contribution in [3.05, 3.63) is 23.9 Å². The Morgan fingerprint density at radius 3 is 2.85 bits per heavy atom. The topological polar surface area (TPSA) is 73.3 Å². The Kier molecular flexibility index (Phi) is 4.45. The van der Waals surface area contributed by atoms with Crippen LogP contribution in [0.4, 0.5) is 0 Å². The summed E-state index contributed by atoms with van der Waals surface area (Å²) in [6.45, 7) is 2.38. The van der Waals surface area contributed by atoms with Crippen molar-refractivity contribution in [2.75, 3.05) is 0 Å². The molecule has 4 heteroatoms. The summed E-state index contributed by atoms with van der Waals surface area (Å²) in [7, 11) is 0. The smallest absolute Gasteiger partial charge is 0.0934 e. The third-order valence-corrected chi connectivity index (χ3v) is 8.58. The van der Waals surface area contributed by atoms with E-state index in [2.05, 4.69) is 30.6 Å². The minimum absolute atomic E-state index is 0.0285. The third-order valence-electron chi connectivity index (χ3n) is 8.58. The maximum absolute atomic E-state index is 7.06. The van der Waals surface area contributed by atoms with Gasteiger partial charge in [0.15, 0.2) is 0 Å². The predicted molar refractivity (Wildman–Crippen MR) is 109 cm³/mol. The minimum Gasteiger partial charge on any atom is -0.372 e. The van der Waals surface area contributed by atoms with Gasteiger partial charge in [0.25, 0.3) is 0 Å². The monoisotopic (exact) mass is 371 g/mol. The molecular weight excluding hydrogens is 334 g/mol. The first-order chi connectivity index (χ1) is 13.0. The van der Waals surface area contributed by atoms with Gasteiger partial charge in [0, 0.05) is 18.2 Å². The molecule has 6 rings (SSSR count). The van der Waals surface area contributed by atoms with Gasteiger partial charge < -0.3 is 21.5 Å². The molecule has 27 heavy (non-hydrogen) atoms. The molecule has 0 aromatic rings. The Balaban J connectivity index is 1.33. The summed E-state index contributed by atoms with van der Waals surface area (Å²) in [6, 6.07) is 0.345. The van der Waals surface area contributed by atoms with Gasteiger partial charge in [-0.2, -0.15) is 0 Å². The second-order valence-electron chi connectivity index (χ2n) is 10.4. The molecule has 0 amide bonds. The van der Waals surface area contributed by atoms with E-state index in [0.717, 1.165) is 24.7 Å². The van der Waals surface area contributed by atoms with Crippen molar-refractivity contribution in [1.82, 2.24) is 5.32 Å². The van der Waals surface area contributed by atoms with Gasteiger partial charge in [-0.3, -0.25) is 0 Å². The fourth-order valence-corrected chi connectivity index (χ4v) is 7.68. The number of hydrogen-bond acceptors (Lipinski definition) is 4. The predicted octanol–water partition coefficient (Wildman–Crippen LogP) is 3.58. The number of nitrogens with one attached hydrogen (secondary N) is 1. The fraction of sp³-hybridized carbons (Fsp3) is 0.826. The van der Waals surface area contributed by atoms with Crippen LogP contribution in [0.3, 0.4) is 0 Å². The van der Waals surface area contributed by atoms with E-state index in [1.807, 2.05) is 0 Å². The lowest BCUT2D eigenvalue weighted by Gasteiger charge is -2.66. The van der Waals surface area contributed by atoms with Gasteiger partial charge in [0.05, 0.1) is 17.4 Å². The molecule has 6 aliphatic rings. The van der Waals surface area contributed by atoms with Gasteiger partial charge in [-0.15, -0.1) is 0 Å². The maximum atomic E-state index is 7.06. The van der Waals surface area contributed by atoms with Crippen LogP contribution in [0.5, 0.6) is 0 Å². The molecule has 2 saturated heterocycles. The number of nitrogens with two attached hydrogens (primary N) is 2. The SMILES string of the molecule is C[C@@]12CCC[C@@H]3C[C@@]([C@H]4CCC[C@@H](CC5=CNC(N)C=C5)C4)(C[C@H](N)[C@@H]31)O2. The Bertz CT molecular complexity index is 646. The summed E-state index contributed by atoms with van der Waals surface area (Å²) < 4.78 is 7.06. The summed E-state index contributed by atoms with van der Waals surface area (Å²) in [5.41, 5.74) is 14.2. The van der Waals surface area contributed by atoms with Crippen LogP contribution in [0.2, 0.25) is 0 Å². The maximum Gasteiger partial charge on any atom is 0.0934 e. The summed E-state index contributed by atoms with van der Waals surface area (Å²) in [5.74, 6) is 2.85. The molecule has 4 nitrogen and oxygen atoms in total. The molecule has 4 bridgehead atoms. The molecule has 0 spiro atoms. The highest BCUT2D eigenvalue weighted by atomic mass is 16.5. The average molecular weight is 372 g/mol. The lowest BCUT2D eigenvalue weighted by molar-refractivity contribution is -0.306. The number of hydrogen-bond donors (Lipinski definition) is 3. The third kappa shape index (κ3) is 3.08. The highest BCUT2D eigenvalue weighted by molar-refractivity contribution is 5.24. The van der Waals surface area contributed by atoms with E-state index in [1.54, 1.807) is 0 Å². The molecule has 3 heterocycles. The quantitative estimate of drug-likeness (QED) is 0.709. The summed E-state index contributed by atoms with van der Waals surface area (Å²) >= 11 is 0. The lowest BCUT2D eigenvalue weighted by atomic mass is 9.51. The first-order valence-electron chi connectivity index (χ1n) is 11.3. The lowest BCUT2D eigenvalue weighted by Crippen LogP contribution is -2.71. The van der Waals surface area contributed by atoms with E-state index in [-0.39, 0.29) is 17.4 Å². The Labute approximate surface area is 164 Å². The van der Waals surface area contributed by atoms with Crippen LogP contribution < -0.4 is 16.8 Å². The normalized spacial score (nSPS) is 51.6. The van der Waals surface area contributed by atoms with Crippen molar-refractivity contribution in [1.29, 1.82) is 0 Å². The average Bonchev–Trinajstić information content (AvgIpc) is 2.63. The standard InChI is InChI=1S/C23H37N3O/c1-22-9-3-5-17-12-23(27-22,13-19(24)21(17)22)18-6-2-4-15(11-18)10-16-7-8-20(25)26-14-16/h7-8,14-15,17-21,26H,2-6,9-13,24-25H2,1H3/t15-,17+,18-,19-,20?,21+,22+,23-/m0/s1. The van der Waals surface area contributed by atoms with E-state index in [1.165, 1.54) is 56.9 Å². The van der Waals surface area contributed by atoms with Crippen molar-refractivity contribution in [3.8, 4) is 0 Å². The highest BCUT2D eigenvalue weighted by Gasteiger charge is 2.63. The van der Waals surface area contributed by atoms with Gasteiger partial charge in [-0.05, 0) is 81.3 Å². The molecular formula is C23H37N3O. The van der Waals surface area contributed by atoms with Gasteiger partial charge in [-0.25, -0.2) is 0 Å². The Morgan fingerprint density at radius 2 is 2.07 bits per heavy atom. The van der Waals surface area contributed by atoms with Crippen molar-refractivity contribution in [3.63, 3.8) is 0 Å². The van der Waals surface area contributed by atoms with Gasteiger partial charge in [0.1, 0.15) is 0 Å². The number of fused-ring (bicyclic) bond motifs is 1. The van der Waals surface area contributed by atoms with Crippen LogP contribution in [0.25, 0.3) is 0 Å². The van der Waals surface area contributed by atoms with Crippen LogP contribution in [-0.4, -0.2) is 23.4 Å². The van der Waals surface area contributed by atoms with Crippen LogP contribution in [0.15, 0.2) is 23.9 Å². The number of ether oxygens (including phenoxy) is 1. The van der Waals surface area contributed by atoms with Crippen LogP contribution in [0.1, 0.15) is 71.1 Å². The van der Waals surface area contributed by atoms with Gasteiger partial charge in [0.2, 0.25) is 0 Å². The molecule has 3 aliphatic heterocycles. The molecule has 0 aromatic heterocycles. The van der Waals surface area contributed by atoms with Crippen LogP contribution >= 0.6 is 0 Å². The van der Waals surface area contributed by atoms with E-state index < -0.39 is 0 Å². The van der Waals surface area contributed by atoms with Gasteiger partial charge in [-0.1, -0.05) is 25.3 Å². The second-order valence-corrected chi connectivity index (χ2v) is 10.4. The largest absolute Gasteiger partial charge is 0.372 e. The number of rotatable bonds is 3. The molecule has 5 N–H and O–H groups in total. The number of dihydropyridines is 1. The second kappa shape index (κ2) is 6.60. The first-order valence-corrected chi connectivity index (χ1v) is 11.3. The highest BCUT2D eigenvalue weighted by Crippen LogP contribution is 2.61. The van der Waals surface area contributed by atoms with Crippen molar-refractivity contribution in [2.24, 2.45) is 35.1 Å². The van der Waals surface area contributed by atoms with Crippen molar-refractivity contribution >= 4 is 0 Å². The van der Waals surface area contributed by atoms with E-state index in [9.17, 15) is 0 Å². The molecule has 0 radical (unpaired) electrons. The zero-order chi connectivity index (χ0) is 18.6. The fourth-order valence-electron chi connectivity index (χ4n) is 7.68. The Hall–Kier alpha value is -0.840. The van der Waals surface area contributed by atoms with Crippen molar-refractivity contribution in [2.45, 2.75) is 94.5 Å². The first kappa shape index (κ1) is 18.2. The molecule has 1 unspecified atom stereocenters. The molecule has 5 fully saturated rings. The molecule has 3 aliphatic carbocycles. The van der Waals surface area contributed by atoms with E-state index >= 15 is 0 Å². The zero-order valence-electron chi connectivity index (χ0n) is 16.8. The minimum atomic E-state index is -0.0285. The van der Waals surface area contributed by atoms with Crippen molar-refractivity contribution < 1.29 is 4.74 Å². The zero-order valence-corrected chi connectivity index (χ0v) is 16.8. The molecule has 3 saturated carbocycles. The molecule has 0 aromatic carbocycles. The number of allylic oxidation sites excluding steroid dienone is 2. The van der Waals surface area contributed by atoms with Gasteiger partial charge >= 0.3 is 0 Å². The van der Waals surface area contributed by atoms with E-state index in [4.69, 9.17) is 16.2 Å². The summed E-state index contributed by atoms with van der Waals surface area (Å²) in [5, 5.41) is 3.25. The van der Waals surface area contributed by atoms with E-state index in [0.29, 0.717) is 17.9 Å². The van der Waals surface area contributed by atoms with Crippen LogP contribution in [-0.2, 0) is 4.74 Å². The molecule has 8 atom stereocenters. The van der Waals surface area contributed by atoms with Crippen LogP contribution in [0, 0.1) is 23.7 Å².